The zero-order valence-corrected chi connectivity index (χ0v) is 9.24. The molecule has 1 rings (SSSR count). The van der Waals surface area contributed by atoms with E-state index in [1.807, 2.05) is 19.1 Å². The lowest BCUT2D eigenvalue weighted by molar-refractivity contribution is -0.458. The molecule has 0 aliphatic carbocycles. The quantitative estimate of drug-likeness (QED) is 0.428. The number of aryl methyl sites for hydroxylation is 1. The molecule has 0 aliphatic heterocycles. The Labute approximate surface area is 89.4 Å². The average molecular weight is 206 g/mol. The van der Waals surface area contributed by atoms with Crippen molar-refractivity contribution in [2.45, 2.75) is 6.92 Å². The third-order valence-corrected chi connectivity index (χ3v) is 1.92. The summed E-state index contributed by atoms with van der Waals surface area (Å²) in [6.07, 6.45) is 1.47. The molecule has 3 N–H and O–H groups in total. The minimum absolute atomic E-state index is 0.164. The molecule has 80 valence electrons. The largest absolute Gasteiger partial charge is 0.398 e. The molecule has 4 heteroatoms. The average Bonchev–Trinajstić information content (AvgIpc) is 2.10. The number of nitrogens with zero attached hydrogens (tertiary/aromatic N) is 1. The maximum atomic E-state index is 11.4. The van der Waals surface area contributed by atoms with Gasteiger partial charge in [0.25, 0.3) is 0 Å². The summed E-state index contributed by atoms with van der Waals surface area (Å²) < 4.78 is 1.69. The number of hydrogen-bond donors (Lipinski definition) is 2. The van der Waals surface area contributed by atoms with Crippen molar-refractivity contribution < 1.29 is 9.37 Å². The summed E-state index contributed by atoms with van der Waals surface area (Å²) in [6.45, 7) is 1.92. The van der Waals surface area contributed by atoms with Gasteiger partial charge in [0, 0.05) is 11.4 Å². The van der Waals surface area contributed by atoms with Crippen LogP contribution in [0.2, 0.25) is 0 Å². The molecule has 1 amide bonds. The third-order valence-electron chi connectivity index (χ3n) is 1.92. The van der Waals surface area contributed by atoms with Crippen molar-refractivity contribution in [1.29, 1.82) is 0 Å². The van der Waals surface area contributed by atoms with Crippen molar-refractivity contribution in [3.05, 3.63) is 23.8 Å². The minimum atomic E-state index is -0.164. The van der Waals surface area contributed by atoms with Crippen LogP contribution in [-0.4, -0.2) is 30.8 Å². The molecule has 4 nitrogen and oxygen atoms in total. The minimum Gasteiger partial charge on any atom is -0.398 e. The van der Waals surface area contributed by atoms with Crippen molar-refractivity contribution in [1.82, 2.24) is 0 Å². The highest BCUT2D eigenvalue weighted by Crippen LogP contribution is 2.16. The predicted octanol–water partition coefficient (Wildman–Crippen LogP) is 0.859. The van der Waals surface area contributed by atoms with Crippen molar-refractivity contribution in [3.63, 3.8) is 0 Å². The second-order valence-electron chi connectivity index (χ2n) is 3.65. The van der Waals surface area contributed by atoms with Gasteiger partial charge in [0.2, 0.25) is 6.21 Å². The van der Waals surface area contributed by atoms with E-state index in [4.69, 9.17) is 5.73 Å². The zero-order chi connectivity index (χ0) is 11.4. The van der Waals surface area contributed by atoms with Gasteiger partial charge < -0.3 is 11.1 Å². The fraction of sp³-hybridized carbons (Fsp3) is 0.273. The second-order valence-corrected chi connectivity index (χ2v) is 3.65. The summed E-state index contributed by atoms with van der Waals surface area (Å²) >= 11 is 0. The van der Waals surface area contributed by atoms with E-state index in [0.29, 0.717) is 11.4 Å². The Morgan fingerprint density at radius 3 is 2.67 bits per heavy atom. The first-order chi connectivity index (χ1) is 6.99. The van der Waals surface area contributed by atoms with Gasteiger partial charge in [0.15, 0.2) is 0 Å². The van der Waals surface area contributed by atoms with Gasteiger partial charge in [-0.15, -0.1) is 0 Å². The first kappa shape index (κ1) is 11.2. The van der Waals surface area contributed by atoms with Crippen molar-refractivity contribution in [3.8, 4) is 0 Å². The first-order valence-electron chi connectivity index (χ1n) is 4.67. The molecule has 1 aromatic carbocycles. The van der Waals surface area contributed by atoms with E-state index in [0.717, 1.165) is 5.56 Å². The Kier molecular flexibility index (Phi) is 3.44. The number of hydrogen-bond acceptors (Lipinski definition) is 2. The normalized spacial score (nSPS) is 9.53. The maximum absolute atomic E-state index is 11.4. The molecular formula is C11H16N3O+. The zero-order valence-electron chi connectivity index (χ0n) is 9.24. The van der Waals surface area contributed by atoms with Crippen molar-refractivity contribution in [2.75, 3.05) is 25.1 Å². The van der Waals surface area contributed by atoms with Gasteiger partial charge in [-0.25, -0.2) is 4.58 Å². The van der Waals surface area contributed by atoms with Crippen molar-refractivity contribution >= 4 is 23.5 Å². The Morgan fingerprint density at radius 1 is 1.47 bits per heavy atom. The number of carbonyl (C=O) groups is 1. The highest BCUT2D eigenvalue weighted by molar-refractivity contribution is 6.29. The van der Waals surface area contributed by atoms with Crippen LogP contribution in [-0.2, 0) is 4.79 Å². The Hall–Kier alpha value is -1.84. The van der Waals surface area contributed by atoms with Crippen LogP contribution >= 0.6 is 0 Å². The summed E-state index contributed by atoms with van der Waals surface area (Å²) in [6, 6.07) is 5.45. The fourth-order valence-corrected chi connectivity index (χ4v) is 1.13. The van der Waals surface area contributed by atoms with Crippen LogP contribution in [0.25, 0.3) is 0 Å². The van der Waals surface area contributed by atoms with Crippen LogP contribution < -0.4 is 11.1 Å². The lowest BCUT2D eigenvalue weighted by Crippen LogP contribution is -2.18. The van der Waals surface area contributed by atoms with Gasteiger partial charge >= 0.3 is 5.91 Å². The van der Waals surface area contributed by atoms with E-state index in [1.165, 1.54) is 6.21 Å². The van der Waals surface area contributed by atoms with E-state index in [1.54, 1.807) is 24.7 Å². The molecule has 0 bridgehead atoms. The monoisotopic (exact) mass is 206 g/mol. The number of carbonyl (C=O) groups excluding carboxylic acids is 1. The Morgan fingerprint density at radius 2 is 2.13 bits per heavy atom. The number of nitrogen functional groups attached to an aromatic ring is 1. The van der Waals surface area contributed by atoms with Gasteiger partial charge in [0.1, 0.15) is 14.1 Å². The SMILES string of the molecule is Cc1ccc(NC(=O)C=[N+](C)C)cc1N. The molecular weight excluding hydrogens is 190 g/mol. The lowest BCUT2D eigenvalue weighted by Gasteiger charge is -2.04. The van der Waals surface area contributed by atoms with E-state index < -0.39 is 0 Å². The third kappa shape index (κ3) is 3.42. The molecule has 0 saturated carbocycles. The molecule has 0 radical (unpaired) electrons. The van der Waals surface area contributed by atoms with Gasteiger partial charge in [-0.2, -0.15) is 0 Å². The number of anilines is 2. The predicted molar refractivity (Wildman–Crippen MR) is 62.4 cm³/mol. The van der Waals surface area contributed by atoms with Gasteiger partial charge in [-0.1, -0.05) is 6.07 Å². The smallest absolute Gasteiger partial charge is 0.312 e. The Balaban J connectivity index is 2.78. The summed E-state index contributed by atoms with van der Waals surface area (Å²) in [7, 11) is 3.59. The molecule has 0 heterocycles. The summed E-state index contributed by atoms with van der Waals surface area (Å²) in [5.41, 5.74) is 8.12. The van der Waals surface area contributed by atoms with E-state index in [9.17, 15) is 4.79 Å². The van der Waals surface area contributed by atoms with Crippen LogP contribution in [0.3, 0.4) is 0 Å². The molecule has 0 aromatic heterocycles. The lowest BCUT2D eigenvalue weighted by atomic mass is 10.2. The molecule has 0 saturated heterocycles. The van der Waals surface area contributed by atoms with Crippen LogP contribution in [0, 0.1) is 6.92 Å². The number of rotatable bonds is 2. The molecule has 0 fully saturated rings. The van der Waals surface area contributed by atoms with E-state index in [2.05, 4.69) is 5.32 Å². The fourth-order valence-electron chi connectivity index (χ4n) is 1.13. The van der Waals surface area contributed by atoms with Gasteiger partial charge in [-0.05, 0) is 24.6 Å². The second kappa shape index (κ2) is 4.59. The van der Waals surface area contributed by atoms with Crippen LogP contribution in [0.1, 0.15) is 5.56 Å². The Bertz CT molecular complexity index is 406. The molecule has 0 unspecified atom stereocenters. The van der Waals surface area contributed by atoms with Gasteiger partial charge in [0.05, 0.1) is 0 Å². The van der Waals surface area contributed by atoms with Crippen LogP contribution in [0.4, 0.5) is 11.4 Å². The number of nitrogens with one attached hydrogen (secondary N) is 1. The number of nitrogens with two attached hydrogens (primary N) is 1. The highest BCUT2D eigenvalue weighted by Gasteiger charge is 2.03. The number of amides is 1. The first-order valence-corrected chi connectivity index (χ1v) is 4.67. The number of benzene rings is 1. The van der Waals surface area contributed by atoms with Gasteiger partial charge in [-0.3, -0.25) is 4.79 Å². The van der Waals surface area contributed by atoms with E-state index in [-0.39, 0.29) is 5.91 Å². The summed E-state index contributed by atoms with van der Waals surface area (Å²) in [4.78, 5) is 11.4. The molecule has 0 spiro atoms. The highest BCUT2D eigenvalue weighted by atomic mass is 16.1. The molecule has 15 heavy (non-hydrogen) atoms. The molecule has 0 atom stereocenters. The molecule has 0 aliphatic rings. The van der Waals surface area contributed by atoms with Crippen LogP contribution in [0.15, 0.2) is 18.2 Å². The van der Waals surface area contributed by atoms with E-state index >= 15 is 0 Å². The van der Waals surface area contributed by atoms with Crippen LogP contribution in [0.5, 0.6) is 0 Å². The van der Waals surface area contributed by atoms with Crippen molar-refractivity contribution in [2.24, 2.45) is 0 Å². The standard InChI is InChI=1S/C11H15N3O/c1-8-4-5-9(6-10(8)12)13-11(15)7-14(2)3/h4-7H,12H2,1-3H3/p+1. The molecule has 1 aromatic rings. The summed E-state index contributed by atoms with van der Waals surface area (Å²) in [5, 5.41) is 2.73. The summed E-state index contributed by atoms with van der Waals surface area (Å²) in [5.74, 6) is -0.164. The maximum Gasteiger partial charge on any atom is 0.312 e. The topological polar surface area (TPSA) is 58.1 Å².